The third-order valence-electron chi connectivity index (χ3n) is 4.03. The monoisotopic (exact) mass is 265 g/mol. The van der Waals surface area contributed by atoms with Gasteiger partial charge in [-0.2, -0.15) is 0 Å². The molecule has 2 heterocycles. The summed E-state index contributed by atoms with van der Waals surface area (Å²) in [5, 5.41) is 7.60. The van der Waals surface area contributed by atoms with Gasteiger partial charge in [0.25, 0.3) is 0 Å². The molecule has 4 heteroatoms. The lowest BCUT2D eigenvalue weighted by atomic mass is 9.97. The van der Waals surface area contributed by atoms with Crippen molar-refractivity contribution in [2.45, 2.75) is 46.6 Å². The predicted octanol–water partition coefficient (Wildman–Crippen LogP) is 2.50. The average Bonchev–Trinajstić information content (AvgIpc) is 2.72. The molecule has 4 nitrogen and oxygen atoms in total. The van der Waals surface area contributed by atoms with Crippen LogP contribution in [0.25, 0.3) is 0 Å². The highest BCUT2D eigenvalue weighted by molar-refractivity contribution is 5.20. The molecule has 0 aromatic carbocycles. The zero-order valence-electron chi connectivity index (χ0n) is 12.5. The highest BCUT2D eigenvalue weighted by atomic mass is 16.5. The number of likely N-dealkylation sites (tertiary alicyclic amines) is 1. The van der Waals surface area contributed by atoms with E-state index in [1.807, 2.05) is 13.8 Å². The Labute approximate surface area is 116 Å². The first-order chi connectivity index (χ1) is 9.20. The molecule has 1 unspecified atom stereocenters. The van der Waals surface area contributed by atoms with Crippen LogP contribution in [-0.2, 0) is 6.54 Å². The van der Waals surface area contributed by atoms with Crippen LogP contribution in [0.2, 0.25) is 0 Å². The van der Waals surface area contributed by atoms with Crippen LogP contribution < -0.4 is 5.32 Å². The van der Waals surface area contributed by atoms with Gasteiger partial charge in [-0.1, -0.05) is 12.1 Å². The third kappa shape index (κ3) is 4.05. The summed E-state index contributed by atoms with van der Waals surface area (Å²) < 4.78 is 5.25. The Morgan fingerprint density at radius 3 is 2.95 bits per heavy atom. The van der Waals surface area contributed by atoms with Gasteiger partial charge < -0.3 is 9.84 Å². The van der Waals surface area contributed by atoms with Crippen molar-refractivity contribution in [1.82, 2.24) is 15.4 Å². The van der Waals surface area contributed by atoms with Gasteiger partial charge in [-0.3, -0.25) is 4.90 Å². The van der Waals surface area contributed by atoms with E-state index in [9.17, 15) is 0 Å². The van der Waals surface area contributed by atoms with Crippen LogP contribution in [0.4, 0.5) is 0 Å². The van der Waals surface area contributed by atoms with Crippen LogP contribution in [0.1, 0.15) is 43.2 Å². The Balaban J connectivity index is 1.84. The molecule has 1 aromatic heterocycles. The lowest BCUT2D eigenvalue weighted by molar-refractivity contribution is 0.164. The quantitative estimate of drug-likeness (QED) is 0.802. The predicted molar refractivity (Wildman–Crippen MR) is 77.1 cm³/mol. The van der Waals surface area contributed by atoms with Gasteiger partial charge in [0, 0.05) is 18.7 Å². The number of hydrogen-bond donors (Lipinski definition) is 1. The Kier molecular flexibility index (Phi) is 5.40. The van der Waals surface area contributed by atoms with Gasteiger partial charge in [0.15, 0.2) is 0 Å². The number of nitrogens with zero attached hydrogens (tertiary/aromatic N) is 2. The van der Waals surface area contributed by atoms with Gasteiger partial charge in [-0.25, -0.2) is 0 Å². The van der Waals surface area contributed by atoms with E-state index in [2.05, 4.69) is 22.3 Å². The fraction of sp³-hybridized carbons (Fsp3) is 0.800. The molecule has 0 radical (unpaired) electrons. The van der Waals surface area contributed by atoms with Crippen molar-refractivity contribution < 1.29 is 4.52 Å². The van der Waals surface area contributed by atoms with E-state index in [4.69, 9.17) is 4.52 Å². The largest absolute Gasteiger partial charge is 0.361 e. The molecular formula is C15H27N3O. The van der Waals surface area contributed by atoms with Crippen molar-refractivity contribution in [1.29, 1.82) is 0 Å². The Morgan fingerprint density at radius 1 is 1.42 bits per heavy atom. The smallest absolute Gasteiger partial charge is 0.138 e. The maximum absolute atomic E-state index is 5.25. The van der Waals surface area contributed by atoms with Gasteiger partial charge in [-0.15, -0.1) is 0 Å². The summed E-state index contributed by atoms with van der Waals surface area (Å²) in [6.45, 7) is 12.0. The standard InChI is InChI=1S/C15H27N3O/c1-4-7-16-9-14-6-5-8-18(10-14)11-15-12(2)17-19-13(15)3/h14,16H,4-11H2,1-3H3. The van der Waals surface area contributed by atoms with Crippen LogP contribution in [0, 0.1) is 19.8 Å². The number of aromatic nitrogens is 1. The molecule has 0 saturated carbocycles. The maximum Gasteiger partial charge on any atom is 0.138 e. The Morgan fingerprint density at radius 2 is 2.26 bits per heavy atom. The topological polar surface area (TPSA) is 41.3 Å². The summed E-state index contributed by atoms with van der Waals surface area (Å²) in [4.78, 5) is 2.55. The van der Waals surface area contributed by atoms with Crippen LogP contribution in [0.3, 0.4) is 0 Å². The molecule has 2 rings (SSSR count). The average molecular weight is 265 g/mol. The van der Waals surface area contributed by atoms with Crippen LogP contribution >= 0.6 is 0 Å². The summed E-state index contributed by atoms with van der Waals surface area (Å²) >= 11 is 0. The first-order valence-electron chi connectivity index (χ1n) is 7.55. The molecule has 0 bridgehead atoms. The minimum Gasteiger partial charge on any atom is -0.361 e. The summed E-state index contributed by atoms with van der Waals surface area (Å²) in [5.74, 6) is 1.77. The van der Waals surface area contributed by atoms with Crippen molar-refractivity contribution in [2.75, 3.05) is 26.2 Å². The lowest BCUT2D eigenvalue weighted by Crippen LogP contribution is -2.39. The molecule has 1 N–H and O–H groups in total. The van der Waals surface area contributed by atoms with E-state index in [0.29, 0.717) is 0 Å². The molecule has 1 atom stereocenters. The fourth-order valence-corrected chi connectivity index (χ4v) is 2.90. The molecule has 1 aliphatic heterocycles. The van der Waals surface area contributed by atoms with E-state index in [1.54, 1.807) is 0 Å². The minimum absolute atomic E-state index is 0.792. The molecular weight excluding hydrogens is 238 g/mol. The zero-order valence-corrected chi connectivity index (χ0v) is 12.5. The number of hydrogen-bond acceptors (Lipinski definition) is 4. The van der Waals surface area contributed by atoms with E-state index < -0.39 is 0 Å². The van der Waals surface area contributed by atoms with Crippen molar-refractivity contribution in [3.8, 4) is 0 Å². The van der Waals surface area contributed by atoms with Crippen LogP contribution in [0.15, 0.2) is 4.52 Å². The van der Waals surface area contributed by atoms with Crippen molar-refractivity contribution >= 4 is 0 Å². The second-order valence-corrected chi connectivity index (χ2v) is 5.75. The first kappa shape index (κ1) is 14.5. The zero-order chi connectivity index (χ0) is 13.7. The second-order valence-electron chi connectivity index (χ2n) is 5.75. The number of rotatable bonds is 6. The fourth-order valence-electron chi connectivity index (χ4n) is 2.90. The Bertz CT molecular complexity index is 369. The third-order valence-corrected chi connectivity index (χ3v) is 4.03. The van der Waals surface area contributed by atoms with Crippen LogP contribution in [0.5, 0.6) is 0 Å². The highest BCUT2D eigenvalue weighted by Crippen LogP contribution is 2.21. The van der Waals surface area contributed by atoms with Gasteiger partial charge in [0.2, 0.25) is 0 Å². The molecule has 1 aromatic rings. The highest BCUT2D eigenvalue weighted by Gasteiger charge is 2.21. The van der Waals surface area contributed by atoms with Gasteiger partial charge >= 0.3 is 0 Å². The van der Waals surface area contributed by atoms with Gasteiger partial charge in [0.05, 0.1) is 5.69 Å². The van der Waals surface area contributed by atoms with Crippen molar-refractivity contribution in [2.24, 2.45) is 5.92 Å². The summed E-state index contributed by atoms with van der Waals surface area (Å²) in [5.41, 5.74) is 2.32. The maximum atomic E-state index is 5.25. The SMILES string of the molecule is CCCNCC1CCCN(Cc2c(C)noc2C)C1. The normalized spacial score (nSPS) is 20.9. The van der Waals surface area contributed by atoms with Crippen molar-refractivity contribution in [3.63, 3.8) is 0 Å². The summed E-state index contributed by atoms with van der Waals surface area (Å²) in [6.07, 6.45) is 3.88. The minimum atomic E-state index is 0.792. The first-order valence-corrected chi connectivity index (χ1v) is 7.55. The lowest BCUT2D eigenvalue weighted by Gasteiger charge is -2.32. The second kappa shape index (κ2) is 7.06. The van der Waals surface area contributed by atoms with E-state index in [1.165, 1.54) is 37.9 Å². The number of piperidine rings is 1. The molecule has 0 aliphatic carbocycles. The molecule has 0 amide bonds. The molecule has 0 spiro atoms. The van der Waals surface area contributed by atoms with Crippen LogP contribution in [-0.4, -0.2) is 36.2 Å². The molecule has 1 aliphatic rings. The van der Waals surface area contributed by atoms with E-state index in [0.717, 1.165) is 37.0 Å². The number of aryl methyl sites for hydroxylation is 2. The van der Waals surface area contributed by atoms with Crippen molar-refractivity contribution in [3.05, 3.63) is 17.0 Å². The van der Waals surface area contributed by atoms with E-state index >= 15 is 0 Å². The van der Waals surface area contributed by atoms with Gasteiger partial charge in [-0.05, 0) is 58.7 Å². The summed E-state index contributed by atoms with van der Waals surface area (Å²) in [6, 6.07) is 0. The molecule has 1 fully saturated rings. The number of nitrogens with one attached hydrogen (secondary N) is 1. The summed E-state index contributed by atoms with van der Waals surface area (Å²) in [7, 11) is 0. The molecule has 1 saturated heterocycles. The van der Waals surface area contributed by atoms with E-state index in [-0.39, 0.29) is 0 Å². The van der Waals surface area contributed by atoms with Gasteiger partial charge in [0.1, 0.15) is 5.76 Å². The molecule has 108 valence electrons. The molecule has 19 heavy (non-hydrogen) atoms. The Hall–Kier alpha value is -0.870.